The third-order valence-corrected chi connectivity index (χ3v) is 3.20. The average molecular weight is 258 g/mol. The molecule has 0 aliphatic heterocycles. The smallest absolute Gasteiger partial charge is 0.0307 e. The van der Waals surface area contributed by atoms with Crippen molar-refractivity contribution in [2.45, 2.75) is 26.3 Å². The molecule has 2 N–H and O–H groups in total. The molecule has 2 nitrogen and oxygen atoms in total. The zero-order chi connectivity index (χ0) is 14.3. The van der Waals surface area contributed by atoms with Crippen molar-refractivity contribution in [1.82, 2.24) is 4.90 Å². The van der Waals surface area contributed by atoms with Crippen LogP contribution in [-0.4, -0.2) is 24.5 Å². The Kier molecular flexibility index (Phi) is 6.54. The molecule has 1 unspecified atom stereocenters. The van der Waals surface area contributed by atoms with Crippen molar-refractivity contribution in [3.05, 3.63) is 60.2 Å². The molecular formula is C17H26N2. The predicted octanol–water partition coefficient (Wildman–Crippen LogP) is 3.37. The maximum atomic E-state index is 6.30. The van der Waals surface area contributed by atoms with Crippen molar-refractivity contribution in [2.24, 2.45) is 5.73 Å². The van der Waals surface area contributed by atoms with Gasteiger partial charge in [-0.25, -0.2) is 0 Å². The van der Waals surface area contributed by atoms with Crippen LogP contribution in [0.15, 0.2) is 43.5 Å². The Bertz CT molecular complexity index is 393. The van der Waals surface area contributed by atoms with Crippen molar-refractivity contribution in [3.63, 3.8) is 0 Å². The minimum absolute atomic E-state index is 0.0933. The summed E-state index contributed by atoms with van der Waals surface area (Å²) in [5.41, 5.74) is 10.1. The second-order valence-electron chi connectivity index (χ2n) is 5.15. The number of benzene rings is 1. The Labute approximate surface area is 117 Å². The van der Waals surface area contributed by atoms with E-state index in [-0.39, 0.29) is 6.04 Å². The van der Waals surface area contributed by atoms with Gasteiger partial charge in [-0.2, -0.15) is 0 Å². The molecule has 1 aromatic rings. The van der Waals surface area contributed by atoms with E-state index in [1.165, 1.54) is 16.7 Å². The molecule has 0 aromatic heterocycles. The van der Waals surface area contributed by atoms with Crippen LogP contribution in [0.1, 0.15) is 29.2 Å². The maximum absolute atomic E-state index is 6.30. The highest BCUT2D eigenvalue weighted by Crippen LogP contribution is 2.18. The van der Waals surface area contributed by atoms with Gasteiger partial charge in [0.1, 0.15) is 0 Å². The first kappa shape index (κ1) is 15.7. The van der Waals surface area contributed by atoms with Crippen LogP contribution in [0.4, 0.5) is 0 Å². The molecule has 0 saturated heterocycles. The van der Waals surface area contributed by atoms with Gasteiger partial charge in [-0.05, 0) is 25.8 Å². The minimum atomic E-state index is 0.0933. The molecule has 0 fully saturated rings. The zero-order valence-electron chi connectivity index (χ0n) is 12.2. The van der Waals surface area contributed by atoms with Gasteiger partial charge in [-0.1, -0.05) is 41.5 Å². The van der Waals surface area contributed by atoms with Crippen molar-refractivity contribution in [2.75, 3.05) is 19.6 Å². The second kappa shape index (κ2) is 7.93. The largest absolute Gasteiger partial charge is 0.324 e. The lowest BCUT2D eigenvalue weighted by molar-refractivity contribution is 0.319. The minimum Gasteiger partial charge on any atom is -0.324 e. The van der Waals surface area contributed by atoms with Crippen molar-refractivity contribution in [3.8, 4) is 0 Å². The molecule has 1 rings (SSSR count). The lowest BCUT2D eigenvalue weighted by Gasteiger charge is -2.21. The summed E-state index contributed by atoms with van der Waals surface area (Å²) in [6, 6.07) is 6.64. The van der Waals surface area contributed by atoms with Crippen LogP contribution in [0.25, 0.3) is 0 Å². The van der Waals surface area contributed by atoms with Gasteiger partial charge in [-0.15, -0.1) is 13.2 Å². The fraction of sp³-hybridized carbons (Fsp3) is 0.412. The first-order valence-corrected chi connectivity index (χ1v) is 6.84. The van der Waals surface area contributed by atoms with Gasteiger partial charge < -0.3 is 5.73 Å². The van der Waals surface area contributed by atoms with E-state index >= 15 is 0 Å². The van der Waals surface area contributed by atoms with Crippen LogP contribution in [0.2, 0.25) is 0 Å². The van der Waals surface area contributed by atoms with Gasteiger partial charge >= 0.3 is 0 Å². The first-order chi connectivity index (χ1) is 9.06. The Morgan fingerprint density at radius 2 is 1.63 bits per heavy atom. The lowest BCUT2D eigenvalue weighted by Crippen LogP contribution is -2.27. The van der Waals surface area contributed by atoms with Crippen LogP contribution in [0.3, 0.4) is 0 Å². The number of nitrogens with two attached hydrogens (primary N) is 1. The zero-order valence-corrected chi connectivity index (χ0v) is 12.2. The van der Waals surface area contributed by atoms with Crippen LogP contribution in [0.5, 0.6) is 0 Å². The van der Waals surface area contributed by atoms with E-state index in [1.807, 2.05) is 12.2 Å². The highest BCUT2D eigenvalue weighted by atomic mass is 15.1. The van der Waals surface area contributed by atoms with Crippen LogP contribution in [-0.2, 0) is 0 Å². The summed E-state index contributed by atoms with van der Waals surface area (Å²) < 4.78 is 0. The van der Waals surface area contributed by atoms with Gasteiger partial charge in [0.25, 0.3) is 0 Å². The SMILES string of the molecule is C=CCN(CC=C)CCC(N)c1cc(C)cc(C)c1. The van der Waals surface area contributed by atoms with Gasteiger partial charge in [0.15, 0.2) is 0 Å². The van der Waals surface area contributed by atoms with Crippen molar-refractivity contribution < 1.29 is 0 Å². The van der Waals surface area contributed by atoms with E-state index in [4.69, 9.17) is 5.73 Å². The average Bonchev–Trinajstić information content (AvgIpc) is 2.35. The standard InChI is InChI=1S/C17H26N2/c1-5-8-19(9-6-2)10-7-17(18)16-12-14(3)11-15(4)13-16/h5-6,11-13,17H,1-2,7-10,18H2,3-4H3. The van der Waals surface area contributed by atoms with Gasteiger partial charge in [-0.3, -0.25) is 4.90 Å². The Hall–Kier alpha value is -1.38. The fourth-order valence-electron chi connectivity index (χ4n) is 2.33. The molecule has 0 saturated carbocycles. The van der Waals surface area contributed by atoms with Gasteiger partial charge in [0.2, 0.25) is 0 Å². The summed E-state index contributed by atoms with van der Waals surface area (Å²) in [5, 5.41) is 0. The predicted molar refractivity (Wildman–Crippen MR) is 84.3 cm³/mol. The molecular weight excluding hydrogens is 232 g/mol. The summed E-state index contributed by atoms with van der Waals surface area (Å²) in [5.74, 6) is 0. The Morgan fingerprint density at radius 1 is 1.11 bits per heavy atom. The maximum Gasteiger partial charge on any atom is 0.0307 e. The van der Waals surface area contributed by atoms with E-state index in [9.17, 15) is 0 Å². The summed E-state index contributed by atoms with van der Waals surface area (Å²) >= 11 is 0. The van der Waals surface area contributed by atoms with Crippen molar-refractivity contribution >= 4 is 0 Å². The third-order valence-electron chi connectivity index (χ3n) is 3.20. The number of aryl methyl sites for hydroxylation is 2. The quantitative estimate of drug-likeness (QED) is 0.724. The summed E-state index contributed by atoms with van der Waals surface area (Å²) in [4.78, 5) is 2.29. The van der Waals surface area contributed by atoms with Gasteiger partial charge in [0.05, 0.1) is 0 Å². The molecule has 0 amide bonds. The molecule has 1 atom stereocenters. The summed E-state index contributed by atoms with van der Waals surface area (Å²) in [6.45, 7) is 14.5. The molecule has 104 valence electrons. The molecule has 19 heavy (non-hydrogen) atoms. The molecule has 0 aliphatic rings. The summed E-state index contributed by atoms with van der Waals surface area (Å²) in [6.07, 6.45) is 4.79. The topological polar surface area (TPSA) is 29.3 Å². The molecule has 0 heterocycles. The lowest BCUT2D eigenvalue weighted by atomic mass is 9.99. The van der Waals surface area contributed by atoms with Gasteiger partial charge in [0, 0.05) is 25.7 Å². The highest BCUT2D eigenvalue weighted by Gasteiger charge is 2.09. The molecule has 1 aromatic carbocycles. The number of hydrogen-bond donors (Lipinski definition) is 1. The molecule has 0 aliphatic carbocycles. The van der Waals surface area contributed by atoms with E-state index in [1.54, 1.807) is 0 Å². The second-order valence-corrected chi connectivity index (χ2v) is 5.15. The summed E-state index contributed by atoms with van der Waals surface area (Å²) in [7, 11) is 0. The normalized spacial score (nSPS) is 12.4. The van der Waals surface area contributed by atoms with E-state index < -0.39 is 0 Å². The Balaban J connectivity index is 2.60. The molecule has 0 spiro atoms. The fourth-order valence-corrected chi connectivity index (χ4v) is 2.33. The van der Waals surface area contributed by atoms with Crippen molar-refractivity contribution in [1.29, 1.82) is 0 Å². The monoisotopic (exact) mass is 258 g/mol. The van der Waals surface area contributed by atoms with Crippen LogP contribution in [0, 0.1) is 13.8 Å². The number of hydrogen-bond acceptors (Lipinski definition) is 2. The molecule has 0 radical (unpaired) electrons. The highest BCUT2D eigenvalue weighted by molar-refractivity contribution is 5.30. The molecule has 0 bridgehead atoms. The number of nitrogens with zero attached hydrogens (tertiary/aromatic N) is 1. The van der Waals surface area contributed by atoms with E-state index in [0.29, 0.717) is 0 Å². The Morgan fingerprint density at radius 3 is 2.11 bits per heavy atom. The number of rotatable bonds is 8. The van der Waals surface area contributed by atoms with Crippen LogP contribution >= 0.6 is 0 Å². The first-order valence-electron chi connectivity index (χ1n) is 6.84. The van der Waals surface area contributed by atoms with E-state index in [2.05, 4.69) is 50.1 Å². The molecule has 2 heteroatoms. The van der Waals surface area contributed by atoms with Crippen LogP contribution < -0.4 is 5.73 Å². The third kappa shape index (κ3) is 5.41. The van der Waals surface area contributed by atoms with E-state index in [0.717, 1.165) is 26.1 Å².